The number of nitrogens with zero attached hydrogens (tertiary/aromatic N) is 1. The van der Waals surface area contributed by atoms with Crippen LogP contribution < -0.4 is 5.32 Å². The number of thioether (sulfide) groups is 1. The third kappa shape index (κ3) is 10.2. The molecule has 0 radical (unpaired) electrons. The van der Waals surface area contributed by atoms with Gasteiger partial charge < -0.3 is 15.0 Å². The maximum absolute atomic E-state index is 11.1. The number of fused-ring (bicyclic) bond motifs is 1. The SMILES string of the molecule is C=C(S/C=C(\C)c1ccc2c(c1)C(C)(C)CCC2(C)C)N1CCC(NCCCCC(C)=O)CC1.CC.CC. The average molecular weight is 543 g/mol. The molecule has 0 amide bonds. The van der Waals surface area contributed by atoms with Crippen molar-refractivity contribution < 1.29 is 4.79 Å². The highest BCUT2D eigenvalue weighted by atomic mass is 32.2. The normalized spacial score (nSPS) is 18.4. The van der Waals surface area contributed by atoms with Crippen molar-refractivity contribution in [3.63, 3.8) is 0 Å². The molecule has 1 aliphatic carbocycles. The molecule has 2 aliphatic rings. The van der Waals surface area contributed by atoms with Gasteiger partial charge in [0.2, 0.25) is 0 Å². The minimum Gasteiger partial charge on any atom is -0.366 e. The summed E-state index contributed by atoms with van der Waals surface area (Å²) in [6.07, 6.45) is 7.61. The Hall–Kier alpha value is -1.52. The minimum absolute atomic E-state index is 0.240. The Kier molecular flexibility index (Phi) is 15.0. The molecular weight excluding hydrogens is 484 g/mol. The molecule has 216 valence electrons. The third-order valence-corrected chi connectivity index (χ3v) is 8.92. The van der Waals surface area contributed by atoms with Crippen LogP contribution in [-0.4, -0.2) is 36.4 Å². The van der Waals surface area contributed by atoms with E-state index in [0.717, 1.165) is 50.3 Å². The summed E-state index contributed by atoms with van der Waals surface area (Å²) in [7, 11) is 0. The number of benzene rings is 1. The smallest absolute Gasteiger partial charge is 0.129 e. The van der Waals surface area contributed by atoms with E-state index in [-0.39, 0.29) is 10.8 Å². The van der Waals surface area contributed by atoms with Crippen LogP contribution in [0.25, 0.3) is 5.57 Å². The number of hydrogen-bond acceptors (Lipinski definition) is 4. The van der Waals surface area contributed by atoms with E-state index in [1.165, 1.54) is 35.1 Å². The molecule has 1 heterocycles. The highest BCUT2D eigenvalue weighted by Crippen LogP contribution is 2.46. The standard InChI is InChI=1S/C30H46N2OS.2C2H6/c1-22(25-11-12-27-28(20-25)30(6,7)16-15-29(27,4)5)21-34-24(3)32-18-13-26(14-19-32)31-17-9-8-10-23(2)33;2*1-2/h11-12,20-21,26,31H,3,8-10,13-19H2,1-2,4-7H3;2*1-2H3/b22-21+;;. The van der Waals surface area contributed by atoms with Crippen molar-refractivity contribution in [2.24, 2.45) is 0 Å². The Bertz CT molecular complexity index is 907. The summed E-state index contributed by atoms with van der Waals surface area (Å²) in [6.45, 7) is 29.0. The van der Waals surface area contributed by atoms with Crippen molar-refractivity contribution in [3.05, 3.63) is 51.9 Å². The fraction of sp³-hybridized carbons (Fsp3) is 0.676. The summed E-state index contributed by atoms with van der Waals surface area (Å²) >= 11 is 1.77. The number of allylic oxidation sites excluding steroid dienone is 1. The van der Waals surface area contributed by atoms with Crippen LogP contribution in [0.5, 0.6) is 0 Å². The van der Waals surface area contributed by atoms with E-state index in [0.29, 0.717) is 18.2 Å². The molecule has 4 heteroatoms. The number of unbranched alkanes of at least 4 members (excludes halogenated alkanes) is 1. The molecule has 0 bridgehead atoms. The van der Waals surface area contributed by atoms with Crippen LogP contribution in [0.15, 0.2) is 35.2 Å². The Balaban J connectivity index is 0.00000172. The molecular formula is C34H58N2OS. The first-order valence-electron chi connectivity index (χ1n) is 15.1. The third-order valence-electron chi connectivity index (χ3n) is 7.92. The van der Waals surface area contributed by atoms with E-state index in [1.807, 2.05) is 27.7 Å². The van der Waals surface area contributed by atoms with Crippen molar-refractivity contribution in [1.29, 1.82) is 0 Å². The first-order chi connectivity index (χ1) is 18.0. The second kappa shape index (κ2) is 16.6. The van der Waals surface area contributed by atoms with E-state index in [9.17, 15) is 4.79 Å². The number of Topliss-reactive ketones (excluding diaryl/α,β-unsaturated/α-hetero) is 1. The zero-order valence-electron chi connectivity index (χ0n) is 26.4. The van der Waals surface area contributed by atoms with E-state index in [2.05, 4.69) is 75.0 Å². The van der Waals surface area contributed by atoms with Gasteiger partial charge in [-0.2, -0.15) is 0 Å². The lowest BCUT2D eigenvalue weighted by atomic mass is 9.63. The molecule has 0 saturated carbocycles. The van der Waals surface area contributed by atoms with Crippen molar-refractivity contribution >= 4 is 23.1 Å². The predicted octanol–water partition coefficient (Wildman–Crippen LogP) is 9.47. The van der Waals surface area contributed by atoms with Gasteiger partial charge in [0, 0.05) is 25.6 Å². The summed E-state index contributed by atoms with van der Waals surface area (Å²) < 4.78 is 0. The number of carbonyl (C=O) groups excluding carboxylic acids is 1. The van der Waals surface area contributed by atoms with Crippen LogP contribution in [0.2, 0.25) is 0 Å². The Morgan fingerprint density at radius 2 is 1.58 bits per heavy atom. The van der Waals surface area contributed by atoms with Gasteiger partial charge >= 0.3 is 0 Å². The molecule has 3 nitrogen and oxygen atoms in total. The monoisotopic (exact) mass is 542 g/mol. The summed E-state index contributed by atoms with van der Waals surface area (Å²) in [6, 6.07) is 7.72. The van der Waals surface area contributed by atoms with Crippen LogP contribution in [0.3, 0.4) is 0 Å². The van der Waals surface area contributed by atoms with Gasteiger partial charge in [-0.15, -0.1) is 0 Å². The zero-order valence-corrected chi connectivity index (χ0v) is 27.2. The maximum atomic E-state index is 11.1. The number of likely N-dealkylation sites (tertiary alicyclic amines) is 1. The van der Waals surface area contributed by atoms with E-state index < -0.39 is 0 Å². The number of piperidine rings is 1. The van der Waals surface area contributed by atoms with Gasteiger partial charge in [-0.1, -0.05) is 91.9 Å². The Labute approximate surface area is 240 Å². The molecule has 0 unspecified atom stereocenters. The largest absolute Gasteiger partial charge is 0.366 e. The van der Waals surface area contributed by atoms with Crippen molar-refractivity contribution in [1.82, 2.24) is 10.2 Å². The molecule has 1 aromatic carbocycles. The molecule has 3 rings (SSSR count). The molecule has 1 N–H and O–H groups in total. The minimum atomic E-state index is 0.240. The number of nitrogens with one attached hydrogen (secondary N) is 1. The predicted molar refractivity (Wildman–Crippen MR) is 172 cm³/mol. The van der Waals surface area contributed by atoms with Crippen LogP contribution in [0.4, 0.5) is 0 Å². The quantitative estimate of drug-likeness (QED) is 0.298. The second-order valence-corrected chi connectivity index (χ2v) is 12.7. The van der Waals surface area contributed by atoms with E-state index in [4.69, 9.17) is 0 Å². The number of hydrogen-bond donors (Lipinski definition) is 1. The van der Waals surface area contributed by atoms with E-state index in [1.54, 1.807) is 18.7 Å². The lowest BCUT2D eigenvalue weighted by Crippen LogP contribution is -2.41. The summed E-state index contributed by atoms with van der Waals surface area (Å²) in [5.74, 6) is 0.299. The topological polar surface area (TPSA) is 32.3 Å². The average Bonchev–Trinajstić information content (AvgIpc) is 2.92. The van der Waals surface area contributed by atoms with Gasteiger partial charge in [0.05, 0.1) is 5.03 Å². The maximum Gasteiger partial charge on any atom is 0.129 e. The van der Waals surface area contributed by atoms with E-state index >= 15 is 0 Å². The molecule has 0 atom stereocenters. The molecule has 0 spiro atoms. The van der Waals surface area contributed by atoms with Crippen LogP contribution >= 0.6 is 11.8 Å². The summed E-state index contributed by atoms with van der Waals surface area (Å²) in [5.41, 5.74) is 6.19. The fourth-order valence-corrected chi connectivity index (χ4v) is 6.05. The molecule has 1 aromatic rings. The Morgan fingerprint density at radius 1 is 1.00 bits per heavy atom. The summed E-state index contributed by atoms with van der Waals surface area (Å²) in [4.78, 5) is 13.5. The van der Waals surface area contributed by atoms with Gasteiger partial charge in [-0.25, -0.2) is 0 Å². The highest BCUT2D eigenvalue weighted by Gasteiger charge is 2.36. The number of ketones is 1. The first kappa shape index (κ1) is 34.5. The molecule has 38 heavy (non-hydrogen) atoms. The molecule has 1 fully saturated rings. The highest BCUT2D eigenvalue weighted by molar-refractivity contribution is 8.05. The van der Waals surface area contributed by atoms with Crippen molar-refractivity contribution in [3.8, 4) is 0 Å². The fourth-order valence-electron chi connectivity index (χ4n) is 5.27. The van der Waals surface area contributed by atoms with Gasteiger partial charge in [0.25, 0.3) is 0 Å². The van der Waals surface area contributed by atoms with Crippen LogP contribution in [0.1, 0.15) is 131 Å². The molecule has 0 aromatic heterocycles. The molecule has 1 saturated heterocycles. The zero-order chi connectivity index (χ0) is 28.9. The van der Waals surface area contributed by atoms with Gasteiger partial charge in [0.1, 0.15) is 5.78 Å². The second-order valence-electron chi connectivity index (χ2n) is 11.7. The van der Waals surface area contributed by atoms with Gasteiger partial charge in [-0.05, 0) is 97.4 Å². The van der Waals surface area contributed by atoms with Crippen LogP contribution in [0, 0.1) is 0 Å². The van der Waals surface area contributed by atoms with Gasteiger partial charge in [-0.3, -0.25) is 0 Å². The molecule has 1 aliphatic heterocycles. The lowest BCUT2D eigenvalue weighted by molar-refractivity contribution is -0.117. The van der Waals surface area contributed by atoms with Crippen molar-refractivity contribution in [2.75, 3.05) is 19.6 Å². The van der Waals surface area contributed by atoms with Gasteiger partial charge in [0.15, 0.2) is 0 Å². The first-order valence-corrected chi connectivity index (χ1v) is 16.0. The Morgan fingerprint density at radius 3 is 2.16 bits per heavy atom. The number of rotatable bonds is 10. The van der Waals surface area contributed by atoms with Crippen molar-refractivity contribution in [2.45, 2.75) is 131 Å². The van der Waals surface area contributed by atoms with Crippen LogP contribution in [-0.2, 0) is 15.6 Å². The summed E-state index contributed by atoms with van der Waals surface area (Å²) in [5, 5.41) is 7.11. The lowest BCUT2D eigenvalue weighted by Gasteiger charge is -2.42. The number of carbonyl (C=O) groups is 1.